The van der Waals surface area contributed by atoms with Crippen LogP contribution in [0.25, 0.3) is 0 Å². The van der Waals surface area contributed by atoms with E-state index in [0.29, 0.717) is 25.9 Å². The molecule has 0 unspecified atom stereocenters. The number of halogens is 1. The molecule has 10 heteroatoms. The summed E-state index contributed by atoms with van der Waals surface area (Å²) in [4.78, 5) is 29.4. The number of nitrogen functional groups attached to an aromatic ring is 1. The van der Waals surface area contributed by atoms with Crippen molar-refractivity contribution in [1.82, 2.24) is 15.2 Å². The predicted molar refractivity (Wildman–Crippen MR) is 100 cm³/mol. The molecule has 0 spiro atoms. The molecule has 2 atom stereocenters. The number of carbonyl (C=O) groups excluding carboxylic acids is 1. The van der Waals surface area contributed by atoms with E-state index >= 15 is 0 Å². The zero-order chi connectivity index (χ0) is 20.0. The van der Waals surface area contributed by atoms with Gasteiger partial charge in [-0.3, -0.25) is 9.59 Å². The molecule has 1 aliphatic heterocycles. The van der Waals surface area contributed by atoms with Crippen LogP contribution >= 0.6 is 11.6 Å². The number of methoxy groups -OCH3 is 2. The molecule has 9 nitrogen and oxygen atoms in total. The topological polar surface area (TPSA) is 127 Å². The Kier molecular flexibility index (Phi) is 7.64. The highest BCUT2D eigenvalue weighted by Crippen LogP contribution is 2.25. The third-order valence-electron chi connectivity index (χ3n) is 4.53. The number of aromatic nitrogens is 1. The third-order valence-corrected chi connectivity index (χ3v) is 4.84. The average Bonchev–Trinajstić information content (AvgIpc) is 2.64. The fraction of sp³-hybridized carbons (Fsp3) is 0.588. The van der Waals surface area contributed by atoms with E-state index in [4.69, 9.17) is 31.9 Å². The number of amides is 1. The van der Waals surface area contributed by atoms with Gasteiger partial charge in [0.15, 0.2) is 0 Å². The normalized spacial score (nSPS) is 20.3. The molecule has 2 rings (SSSR count). The van der Waals surface area contributed by atoms with Gasteiger partial charge in [0, 0.05) is 26.6 Å². The maximum atomic E-state index is 12.7. The van der Waals surface area contributed by atoms with Crippen LogP contribution in [0.5, 0.6) is 5.88 Å². The number of nitrogens with zero attached hydrogens (tertiary/aromatic N) is 2. The van der Waals surface area contributed by atoms with Crippen LogP contribution in [0, 0.1) is 0 Å². The number of hydrogen-bond acceptors (Lipinski definition) is 7. The molecule has 0 aromatic carbocycles. The Morgan fingerprint density at radius 3 is 2.85 bits per heavy atom. The van der Waals surface area contributed by atoms with Gasteiger partial charge in [0.2, 0.25) is 5.88 Å². The lowest BCUT2D eigenvalue weighted by atomic mass is 10.0. The Bertz CT molecular complexity index is 688. The first-order chi connectivity index (χ1) is 12.8. The van der Waals surface area contributed by atoms with E-state index in [1.54, 1.807) is 7.11 Å². The number of carboxylic acids is 1. The first-order valence-corrected chi connectivity index (χ1v) is 9.01. The number of anilines is 1. The van der Waals surface area contributed by atoms with E-state index in [1.165, 1.54) is 13.2 Å². The quantitative estimate of drug-likeness (QED) is 0.590. The lowest BCUT2D eigenvalue weighted by Crippen LogP contribution is -2.55. The molecule has 1 aromatic heterocycles. The number of likely N-dealkylation sites (tertiary alicyclic amines) is 1. The van der Waals surface area contributed by atoms with Crippen molar-refractivity contribution in [1.29, 1.82) is 0 Å². The standard InChI is InChI=1S/C17H25ClN4O5/c1-26-13-9-22(6-3-4-14(23)24)7-5-12(13)20-16(25)10-8-11(18)15(19)21-17(10)27-2/h8,12-13H,3-7,9H2,1-2H3,(H2,19,21)(H,20,25)(H,23,24)/t12-,13+/m0/s1. The fourth-order valence-corrected chi connectivity index (χ4v) is 3.24. The number of nitrogens with two attached hydrogens (primary N) is 1. The Hall–Kier alpha value is -2.10. The summed E-state index contributed by atoms with van der Waals surface area (Å²) in [5.74, 6) is -0.971. The van der Waals surface area contributed by atoms with Crippen molar-refractivity contribution >= 4 is 29.3 Å². The van der Waals surface area contributed by atoms with Crippen molar-refractivity contribution in [2.45, 2.75) is 31.4 Å². The number of carboxylic acid groups (broad SMARTS) is 1. The van der Waals surface area contributed by atoms with Crippen LogP contribution in [0.2, 0.25) is 5.02 Å². The summed E-state index contributed by atoms with van der Waals surface area (Å²) >= 11 is 5.98. The van der Waals surface area contributed by atoms with E-state index in [0.717, 1.165) is 6.54 Å². The van der Waals surface area contributed by atoms with Gasteiger partial charge in [-0.2, -0.15) is 4.98 Å². The van der Waals surface area contributed by atoms with Crippen molar-refractivity contribution < 1.29 is 24.2 Å². The van der Waals surface area contributed by atoms with Crippen molar-refractivity contribution in [2.24, 2.45) is 0 Å². The Morgan fingerprint density at radius 2 is 2.22 bits per heavy atom. The molecule has 1 aromatic rings. The van der Waals surface area contributed by atoms with Crippen LogP contribution < -0.4 is 15.8 Å². The molecular formula is C17H25ClN4O5. The molecule has 0 radical (unpaired) electrons. The second kappa shape index (κ2) is 9.72. The zero-order valence-electron chi connectivity index (χ0n) is 15.4. The summed E-state index contributed by atoms with van der Waals surface area (Å²) in [7, 11) is 2.99. The Morgan fingerprint density at radius 1 is 1.48 bits per heavy atom. The van der Waals surface area contributed by atoms with Gasteiger partial charge in [-0.25, -0.2) is 0 Å². The third kappa shape index (κ3) is 5.69. The number of rotatable bonds is 8. The summed E-state index contributed by atoms with van der Waals surface area (Å²) in [6.45, 7) is 2.03. The molecule has 1 aliphatic rings. The minimum Gasteiger partial charge on any atom is -0.481 e. The number of pyridine rings is 1. The highest BCUT2D eigenvalue weighted by Gasteiger charge is 2.31. The van der Waals surface area contributed by atoms with Crippen LogP contribution in [0.4, 0.5) is 5.82 Å². The summed E-state index contributed by atoms with van der Waals surface area (Å²) in [5.41, 5.74) is 5.85. The van der Waals surface area contributed by atoms with E-state index in [2.05, 4.69) is 15.2 Å². The van der Waals surface area contributed by atoms with Gasteiger partial charge >= 0.3 is 5.97 Å². The molecule has 27 heavy (non-hydrogen) atoms. The maximum Gasteiger partial charge on any atom is 0.303 e. The van der Waals surface area contributed by atoms with Crippen LogP contribution in [0.1, 0.15) is 29.6 Å². The molecule has 1 amide bonds. The number of ether oxygens (including phenoxy) is 2. The maximum absolute atomic E-state index is 12.7. The molecule has 0 saturated carbocycles. The van der Waals surface area contributed by atoms with Crippen molar-refractivity contribution in [3.05, 3.63) is 16.7 Å². The highest BCUT2D eigenvalue weighted by atomic mass is 35.5. The summed E-state index contributed by atoms with van der Waals surface area (Å²) in [6.07, 6.45) is 1.18. The molecule has 2 heterocycles. The van der Waals surface area contributed by atoms with E-state index in [1.807, 2.05) is 0 Å². The largest absolute Gasteiger partial charge is 0.481 e. The van der Waals surface area contributed by atoms with Gasteiger partial charge in [0.05, 0.1) is 24.3 Å². The minimum absolute atomic E-state index is 0.0921. The molecular weight excluding hydrogens is 376 g/mol. The Labute approximate surface area is 162 Å². The molecule has 0 aliphatic carbocycles. The number of nitrogens with one attached hydrogen (secondary N) is 1. The first kappa shape index (κ1) is 21.2. The van der Waals surface area contributed by atoms with Crippen molar-refractivity contribution in [2.75, 3.05) is 39.6 Å². The number of carbonyl (C=O) groups is 2. The van der Waals surface area contributed by atoms with Gasteiger partial charge in [-0.05, 0) is 25.5 Å². The van der Waals surface area contributed by atoms with Crippen LogP contribution in [0.15, 0.2) is 6.07 Å². The summed E-state index contributed by atoms with van der Waals surface area (Å²) in [6, 6.07) is 1.24. The van der Waals surface area contributed by atoms with E-state index in [9.17, 15) is 9.59 Å². The molecule has 1 saturated heterocycles. The van der Waals surface area contributed by atoms with Gasteiger partial charge in [-0.1, -0.05) is 11.6 Å². The van der Waals surface area contributed by atoms with Gasteiger partial charge in [0.25, 0.3) is 5.91 Å². The highest BCUT2D eigenvalue weighted by molar-refractivity contribution is 6.33. The molecule has 0 bridgehead atoms. The van der Waals surface area contributed by atoms with Crippen molar-refractivity contribution in [3.8, 4) is 5.88 Å². The molecule has 4 N–H and O–H groups in total. The van der Waals surface area contributed by atoms with Gasteiger partial charge in [-0.15, -0.1) is 0 Å². The molecule has 150 valence electrons. The lowest BCUT2D eigenvalue weighted by molar-refractivity contribution is -0.137. The first-order valence-electron chi connectivity index (χ1n) is 8.63. The van der Waals surface area contributed by atoms with Crippen LogP contribution in [-0.2, 0) is 9.53 Å². The summed E-state index contributed by atoms with van der Waals surface area (Å²) in [5, 5.41) is 11.9. The average molecular weight is 401 g/mol. The van der Waals surface area contributed by atoms with Gasteiger partial charge in [0.1, 0.15) is 11.4 Å². The second-order valence-corrected chi connectivity index (χ2v) is 6.76. The second-order valence-electron chi connectivity index (χ2n) is 6.35. The number of aliphatic carboxylic acids is 1. The van der Waals surface area contributed by atoms with Crippen LogP contribution in [0.3, 0.4) is 0 Å². The monoisotopic (exact) mass is 400 g/mol. The molecule has 1 fully saturated rings. The van der Waals surface area contributed by atoms with Gasteiger partial charge < -0.3 is 30.5 Å². The van der Waals surface area contributed by atoms with E-state index in [-0.39, 0.29) is 46.8 Å². The lowest BCUT2D eigenvalue weighted by Gasteiger charge is -2.38. The SMILES string of the molecule is COc1nc(N)c(Cl)cc1C(=O)N[C@H]1CCN(CCCC(=O)O)C[C@H]1OC. The summed E-state index contributed by atoms with van der Waals surface area (Å²) < 4.78 is 10.7. The predicted octanol–water partition coefficient (Wildman–Crippen LogP) is 1.01. The minimum atomic E-state index is -0.801. The number of hydrogen-bond donors (Lipinski definition) is 3. The van der Waals surface area contributed by atoms with E-state index < -0.39 is 5.97 Å². The smallest absolute Gasteiger partial charge is 0.303 e. The number of piperidine rings is 1. The van der Waals surface area contributed by atoms with Crippen LogP contribution in [-0.4, -0.2) is 72.9 Å². The zero-order valence-corrected chi connectivity index (χ0v) is 16.2. The van der Waals surface area contributed by atoms with Crippen molar-refractivity contribution in [3.63, 3.8) is 0 Å². The fourth-order valence-electron chi connectivity index (χ4n) is 3.09. The Balaban J connectivity index is 2.00.